The molecule has 1 atom stereocenters. The molecule has 17 heavy (non-hydrogen) atoms. The van der Waals surface area contributed by atoms with Crippen LogP contribution in [0.5, 0.6) is 11.5 Å². The van der Waals surface area contributed by atoms with Crippen LogP contribution in [0.25, 0.3) is 0 Å². The van der Waals surface area contributed by atoms with Gasteiger partial charge in [0.15, 0.2) is 11.5 Å². The van der Waals surface area contributed by atoms with Gasteiger partial charge in [0.25, 0.3) is 0 Å². The smallest absolute Gasteiger partial charge is 0.162 e. The topological polar surface area (TPSA) is 55.5 Å². The number of phenolic OH excluding ortho intramolecular Hbond substituents is 1. The van der Waals surface area contributed by atoms with Crippen molar-refractivity contribution in [3.8, 4) is 11.5 Å². The van der Waals surface area contributed by atoms with Gasteiger partial charge in [0.1, 0.15) is 0 Å². The highest BCUT2D eigenvalue weighted by molar-refractivity contribution is 9.10. The zero-order chi connectivity index (χ0) is 13.0. The quantitative estimate of drug-likeness (QED) is 0.878. The Morgan fingerprint density at radius 1 is 1.53 bits per heavy atom. The van der Waals surface area contributed by atoms with E-state index in [1.165, 1.54) is 0 Å². The Bertz CT molecular complexity index is 365. The first-order valence-corrected chi connectivity index (χ1v) is 6.64. The fourth-order valence-corrected chi connectivity index (χ4v) is 2.93. The third-order valence-electron chi connectivity index (χ3n) is 3.01. The number of phenols is 1. The molecule has 0 aliphatic rings. The van der Waals surface area contributed by atoms with Crippen LogP contribution in [0.2, 0.25) is 0 Å². The number of rotatable bonds is 5. The summed E-state index contributed by atoms with van der Waals surface area (Å²) < 4.78 is 6.18. The van der Waals surface area contributed by atoms with Crippen LogP contribution in [-0.4, -0.2) is 18.8 Å². The van der Waals surface area contributed by atoms with Gasteiger partial charge in [-0.3, -0.25) is 0 Å². The molecule has 0 amide bonds. The summed E-state index contributed by atoms with van der Waals surface area (Å²) in [4.78, 5) is 0. The zero-order valence-electron chi connectivity index (χ0n) is 10.6. The second-order valence-electron chi connectivity index (χ2n) is 4.15. The van der Waals surface area contributed by atoms with Crippen LogP contribution in [0, 0.1) is 0 Å². The SMILES string of the molecule is CCc1cc(OC)c(O)c(C(C)CCN)c1Br. The first-order chi connectivity index (χ1) is 8.06. The van der Waals surface area contributed by atoms with Crippen molar-refractivity contribution in [2.24, 2.45) is 5.73 Å². The fraction of sp³-hybridized carbons (Fsp3) is 0.538. The molecular weight excluding hydrogens is 282 g/mol. The fourth-order valence-electron chi connectivity index (χ4n) is 1.96. The largest absolute Gasteiger partial charge is 0.504 e. The maximum Gasteiger partial charge on any atom is 0.162 e. The van der Waals surface area contributed by atoms with E-state index in [1.54, 1.807) is 7.11 Å². The van der Waals surface area contributed by atoms with Gasteiger partial charge < -0.3 is 15.6 Å². The van der Waals surface area contributed by atoms with Crippen molar-refractivity contribution in [1.82, 2.24) is 0 Å². The number of methoxy groups -OCH3 is 1. The van der Waals surface area contributed by atoms with Crippen LogP contribution in [0.4, 0.5) is 0 Å². The van der Waals surface area contributed by atoms with Crippen molar-refractivity contribution in [3.05, 3.63) is 21.7 Å². The van der Waals surface area contributed by atoms with Gasteiger partial charge in [0.2, 0.25) is 0 Å². The van der Waals surface area contributed by atoms with Crippen molar-refractivity contribution in [3.63, 3.8) is 0 Å². The number of hydrogen-bond acceptors (Lipinski definition) is 3. The molecule has 0 aromatic heterocycles. The highest BCUT2D eigenvalue weighted by atomic mass is 79.9. The van der Waals surface area contributed by atoms with E-state index in [0.717, 1.165) is 28.4 Å². The van der Waals surface area contributed by atoms with Gasteiger partial charge in [-0.25, -0.2) is 0 Å². The number of halogens is 1. The Morgan fingerprint density at radius 3 is 2.65 bits per heavy atom. The zero-order valence-corrected chi connectivity index (χ0v) is 12.2. The molecule has 3 N–H and O–H groups in total. The molecular formula is C13H20BrNO2. The maximum atomic E-state index is 10.2. The van der Waals surface area contributed by atoms with Crippen molar-refractivity contribution < 1.29 is 9.84 Å². The van der Waals surface area contributed by atoms with Gasteiger partial charge in [0, 0.05) is 10.0 Å². The number of nitrogens with two attached hydrogens (primary N) is 1. The van der Waals surface area contributed by atoms with Crippen LogP contribution in [0.3, 0.4) is 0 Å². The molecule has 4 heteroatoms. The van der Waals surface area contributed by atoms with E-state index in [2.05, 4.69) is 29.8 Å². The van der Waals surface area contributed by atoms with Gasteiger partial charge in [0.05, 0.1) is 7.11 Å². The second kappa shape index (κ2) is 6.26. The van der Waals surface area contributed by atoms with E-state index in [0.29, 0.717) is 12.3 Å². The molecule has 0 radical (unpaired) electrons. The summed E-state index contributed by atoms with van der Waals surface area (Å²) in [6.45, 7) is 4.74. The van der Waals surface area contributed by atoms with E-state index < -0.39 is 0 Å². The van der Waals surface area contributed by atoms with Crippen LogP contribution in [-0.2, 0) is 6.42 Å². The van der Waals surface area contributed by atoms with E-state index in [4.69, 9.17) is 10.5 Å². The lowest BCUT2D eigenvalue weighted by molar-refractivity contribution is 0.367. The molecule has 0 saturated heterocycles. The number of ether oxygens (including phenoxy) is 1. The Hall–Kier alpha value is -0.740. The minimum atomic E-state index is 0.203. The molecule has 0 spiro atoms. The van der Waals surface area contributed by atoms with Crippen LogP contribution in [0.15, 0.2) is 10.5 Å². The monoisotopic (exact) mass is 301 g/mol. The summed E-state index contributed by atoms with van der Waals surface area (Å²) in [5.41, 5.74) is 7.61. The van der Waals surface area contributed by atoms with Crippen molar-refractivity contribution in [2.45, 2.75) is 32.6 Å². The number of hydrogen-bond donors (Lipinski definition) is 2. The average Bonchev–Trinajstić information content (AvgIpc) is 2.30. The van der Waals surface area contributed by atoms with Crippen molar-refractivity contribution >= 4 is 15.9 Å². The molecule has 0 fully saturated rings. The Labute approximate surface area is 111 Å². The van der Waals surface area contributed by atoms with E-state index >= 15 is 0 Å². The molecule has 1 rings (SSSR count). The van der Waals surface area contributed by atoms with E-state index in [1.807, 2.05) is 6.07 Å². The molecule has 0 heterocycles. The predicted octanol–water partition coefficient (Wildman–Crippen LogP) is 3.18. The van der Waals surface area contributed by atoms with E-state index in [9.17, 15) is 5.11 Å². The van der Waals surface area contributed by atoms with Crippen LogP contribution < -0.4 is 10.5 Å². The summed E-state index contributed by atoms with van der Waals surface area (Å²) in [5.74, 6) is 0.955. The lowest BCUT2D eigenvalue weighted by Crippen LogP contribution is -2.07. The molecule has 0 bridgehead atoms. The molecule has 3 nitrogen and oxygen atoms in total. The highest BCUT2D eigenvalue weighted by Crippen LogP contribution is 2.43. The summed E-state index contributed by atoms with van der Waals surface area (Å²) >= 11 is 3.57. The molecule has 1 unspecified atom stereocenters. The summed E-state index contributed by atoms with van der Waals surface area (Å²) in [5, 5.41) is 10.2. The molecule has 96 valence electrons. The van der Waals surface area contributed by atoms with Gasteiger partial charge >= 0.3 is 0 Å². The summed E-state index contributed by atoms with van der Waals surface area (Å²) in [6, 6.07) is 1.87. The number of aryl methyl sites for hydroxylation is 1. The molecule has 0 saturated carbocycles. The average molecular weight is 302 g/mol. The normalized spacial score (nSPS) is 12.5. The molecule has 1 aromatic carbocycles. The standard InChI is InChI=1S/C13H20BrNO2/c1-4-9-7-10(17-3)13(16)11(12(9)14)8(2)5-6-15/h7-8,16H,4-6,15H2,1-3H3. The third kappa shape index (κ3) is 2.93. The summed E-state index contributed by atoms with van der Waals surface area (Å²) in [7, 11) is 1.57. The third-order valence-corrected chi connectivity index (χ3v) is 3.94. The highest BCUT2D eigenvalue weighted by Gasteiger charge is 2.20. The van der Waals surface area contributed by atoms with Crippen molar-refractivity contribution in [1.29, 1.82) is 0 Å². The van der Waals surface area contributed by atoms with E-state index in [-0.39, 0.29) is 11.7 Å². The van der Waals surface area contributed by atoms with Gasteiger partial charge in [-0.2, -0.15) is 0 Å². The minimum absolute atomic E-state index is 0.203. The van der Waals surface area contributed by atoms with Crippen LogP contribution >= 0.6 is 15.9 Å². The summed E-state index contributed by atoms with van der Waals surface area (Å²) in [6.07, 6.45) is 1.72. The van der Waals surface area contributed by atoms with Crippen molar-refractivity contribution in [2.75, 3.05) is 13.7 Å². The molecule has 0 aliphatic carbocycles. The lowest BCUT2D eigenvalue weighted by atomic mass is 9.94. The van der Waals surface area contributed by atoms with Gasteiger partial charge in [-0.1, -0.05) is 29.8 Å². The first-order valence-electron chi connectivity index (χ1n) is 5.85. The predicted molar refractivity (Wildman–Crippen MR) is 73.8 cm³/mol. The minimum Gasteiger partial charge on any atom is -0.504 e. The Balaban J connectivity index is 3.34. The van der Waals surface area contributed by atoms with Gasteiger partial charge in [-0.05, 0) is 36.9 Å². The number of benzene rings is 1. The second-order valence-corrected chi connectivity index (χ2v) is 4.94. The maximum absolute atomic E-state index is 10.2. The Kier molecular flexibility index (Phi) is 5.28. The Morgan fingerprint density at radius 2 is 2.18 bits per heavy atom. The van der Waals surface area contributed by atoms with Gasteiger partial charge in [-0.15, -0.1) is 0 Å². The number of aromatic hydroxyl groups is 1. The first kappa shape index (κ1) is 14.3. The lowest BCUT2D eigenvalue weighted by Gasteiger charge is -2.19. The van der Waals surface area contributed by atoms with Crippen LogP contribution in [0.1, 0.15) is 37.3 Å². The molecule has 0 aliphatic heterocycles. The molecule has 1 aromatic rings.